The zero-order valence-electron chi connectivity index (χ0n) is 23.6. The largest absolute Gasteiger partial charge is 0.475 e. The predicted octanol–water partition coefficient (Wildman–Crippen LogP) is 6.85. The average Bonchev–Trinajstić information content (AvgIpc) is 3.55. The van der Waals surface area contributed by atoms with E-state index in [1.165, 1.54) is 24.5 Å². The van der Waals surface area contributed by atoms with Crippen molar-refractivity contribution in [1.82, 2.24) is 30.1 Å². The summed E-state index contributed by atoms with van der Waals surface area (Å²) >= 11 is 4.15. The number of halogens is 6. The Labute approximate surface area is 287 Å². The number of fused-ring (bicyclic) bond motifs is 2. The number of pyridine rings is 2. The molecule has 6 rings (SSSR count). The minimum absolute atomic E-state index is 0.0847. The second-order valence-corrected chi connectivity index (χ2v) is 10.6. The van der Waals surface area contributed by atoms with Crippen molar-refractivity contribution in [3.05, 3.63) is 91.6 Å². The Balaban J connectivity index is 0.000000184. The molecule has 6 aromatic rings. The fourth-order valence-electron chi connectivity index (χ4n) is 3.48. The first kappa shape index (κ1) is 34.6. The van der Waals surface area contributed by atoms with Gasteiger partial charge in [0.15, 0.2) is 23.1 Å². The van der Waals surface area contributed by atoms with Crippen molar-refractivity contribution in [2.45, 2.75) is 13.7 Å². The number of hydrogen-bond donors (Lipinski definition) is 1. The smallest absolute Gasteiger partial charge is 0.407 e. The van der Waals surface area contributed by atoms with Gasteiger partial charge in [0.05, 0.1) is 10.8 Å². The van der Waals surface area contributed by atoms with E-state index >= 15 is 0 Å². The van der Waals surface area contributed by atoms with Crippen molar-refractivity contribution in [3.8, 4) is 35.0 Å². The van der Waals surface area contributed by atoms with Crippen molar-refractivity contribution in [1.29, 1.82) is 0 Å². The number of aromatic nitrogens is 6. The fourth-order valence-corrected chi connectivity index (χ4v) is 4.63. The Morgan fingerprint density at radius 1 is 0.870 bits per heavy atom. The van der Waals surface area contributed by atoms with E-state index in [0.717, 1.165) is 38.7 Å². The molecular weight excluding hydrogens is 836 g/mol. The maximum absolute atomic E-state index is 13.6. The van der Waals surface area contributed by atoms with Crippen LogP contribution in [0.3, 0.4) is 0 Å². The normalized spacial score (nSPS) is 10.0. The van der Waals surface area contributed by atoms with Gasteiger partial charge in [0.1, 0.15) is 30.1 Å². The standard InChI is InChI=1S/C13H8BF2IN3O2.C12H6F2IN3O.C3H3BO/c1-14-22-20-10-5-12(18-6-8(10)13(17)19-20)21-11-3-2-7(15)4-9(11)16;13-6-1-2-10(8(14)3-6)19-11-4-9-7(5-16-11)12(15)18-17-9;1-2-3-4-5/h2-6H,1H3;1-5H,(H,17,18);1H3. The Morgan fingerprint density at radius 2 is 1.46 bits per heavy atom. The minimum atomic E-state index is -0.803. The molecule has 0 amide bonds. The molecule has 0 aliphatic heterocycles. The summed E-state index contributed by atoms with van der Waals surface area (Å²) in [5.41, 5.74) is 1.28. The van der Waals surface area contributed by atoms with Gasteiger partial charge in [-0.25, -0.2) is 27.5 Å². The number of rotatable bonds is 6. The van der Waals surface area contributed by atoms with Crippen LogP contribution in [0.5, 0.6) is 23.3 Å². The van der Waals surface area contributed by atoms with Gasteiger partial charge in [-0.1, -0.05) is 0 Å². The molecule has 2 aromatic carbocycles. The second-order valence-electron chi connectivity index (χ2n) is 8.49. The summed E-state index contributed by atoms with van der Waals surface area (Å²) in [7, 11) is 2.04. The van der Waals surface area contributed by atoms with Crippen LogP contribution in [0.25, 0.3) is 21.8 Å². The van der Waals surface area contributed by atoms with Crippen LogP contribution >= 0.6 is 45.2 Å². The van der Waals surface area contributed by atoms with E-state index in [4.69, 9.17) is 14.2 Å². The summed E-state index contributed by atoms with van der Waals surface area (Å²) in [5.74, 6) is 1.81. The molecule has 0 unspecified atom stereocenters. The number of nitrogens with zero attached hydrogens (tertiary/aromatic N) is 5. The van der Waals surface area contributed by atoms with Crippen molar-refractivity contribution in [2.75, 3.05) is 0 Å². The molecule has 0 aliphatic carbocycles. The first-order valence-electron chi connectivity index (χ1n) is 12.7. The predicted molar refractivity (Wildman–Crippen MR) is 178 cm³/mol. The molecule has 1 N–H and O–H groups in total. The van der Waals surface area contributed by atoms with Crippen LogP contribution in [0.1, 0.15) is 6.92 Å². The molecule has 1 radical (unpaired) electrons. The minimum Gasteiger partial charge on any atom is -0.475 e. The SMILES string of the molecule is CC#CB=O.C[B]On1nc(I)c2cnc(Oc3ccc(F)cc3F)cc21.Fc1ccc(Oc2cc3n[nH]c(I)c3cn2)c(F)c1. The van der Waals surface area contributed by atoms with Crippen LogP contribution in [0.4, 0.5) is 17.6 Å². The van der Waals surface area contributed by atoms with Crippen LogP contribution in [-0.4, -0.2) is 44.7 Å². The third-order valence-corrected chi connectivity index (χ3v) is 7.08. The monoisotopic (exact) mass is 853 g/mol. The molecule has 0 atom stereocenters. The van der Waals surface area contributed by atoms with Crippen LogP contribution in [0.2, 0.25) is 6.82 Å². The zero-order valence-corrected chi connectivity index (χ0v) is 27.9. The van der Waals surface area contributed by atoms with Gasteiger partial charge in [0, 0.05) is 36.7 Å². The van der Waals surface area contributed by atoms with Gasteiger partial charge >= 0.3 is 38.0 Å². The van der Waals surface area contributed by atoms with Crippen LogP contribution in [0.15, 0.2) is 60.9 Å². The van der Waals surface area contributed by atoms with Gasteiger partial charge < -0.3 is 14.2 Å². The number of nitrogens with one attached hydrogen (secondary N) is 1. The van der Waals surface area contributed by atoms with Crippen molar-refractivity contribution in [2.24, 2.45) is 0 Å². The van der Waals surface area contributed by atoms with Crippen molar-refractivity contribution < 1.29 is 36.5 Å². The third-order valence-electron chi connectivity index (χ3n) is 5.46. The van der Waals surface area contributed by atoms with Gasteiger partial charge in [0.2, 0.25) is 11.8 Å². The number of ether oxygens (including phenoxy) is 2. The molecule has 18 heteroatoms. The quantitative estimate of drug-likeness (QED) is 0.0838. The fraction of sp³-hybridized carbons (Fsp3) is 0.0714. The molecule has 10 nitrogen and oxygen atoms in total. The summed E-state index contributed by atoms with van der Waals surface area (Å²) in [6.45, 7) is 3.33. The van der Waals surface area contributed by atoms with Gasteiger partial charge in [-0.2, -0.15) is 5.10 Å². The van der Waals surface area contributed by atoms with Crippen LogP contribution in [0, 0.1) is 42.4 Å². The van der Waals surface area contributed by atoms with E-state index in [-0.39, 0.29) is 23.3 Å². The van der Waals surface area contributed by atoms with Gasteiger partial charge in [0.25, 0.3) is 0 Å². The number of H-pyrrole nitrogens is 1. The van der Waals surface area contributed by atoms with Crippen molar-refractivity contribution >= 4 is 81.6 Å². The summed E-state index contributed by atoms with van der Waals surface area (Å²) in [4.78, 5) is 9.46. The molecule has 0 saturated carbocycles. The van der Waals surface area contributed by atoms with E-state index in [2.05, 4.69) is 82.2 Å². The number of benzene rings is 2. The van der Waals surface area contributed by atoms with Gasteiger partial charge in [-0.05, 0) is 76.3 Å². The maximum atomic E-state index is 13.6. The van der Waals surface area contributed by atoms with E-state index in [9.17, 15) is 22.3 Å². The van der Waals surface area contributed by atoms with Crippen LogP contribution < -0.4 is 14.2 Å². The first-order valence-corrected chi connectivity index (χ1v) is 14.9. The topological polar surface area (TPSA) is 117 Å². The second kappa shape index (κ2) is 16.4. The third kappa shape index (κ3) is 8.93. The van der Waals surface area contributed by atoms with E-state index in [1.807, 2.05) is 0 Å². The van der Waals surface area contributed by atoms with Crippen molar-refractivity contribution in [3.63, 3.8) is 0 Å². The molecule has 46 heavy (non-hydrogen) atoms. The number of aromatic amines is 1. The summed E-state index contributed by atoms with van der Waals surface area (Å²) in [6, 6.07) is 9.29. The molecule has 0 bridgehead atoms. The van der Waals surface area contributed by atoms with E-state index in [1.54, 1.807) is 38.3 Å². The van der Waals surface area contributed by atoms with Gasteiger partial charge in [-0.15, -0.1) is 9.94 Å². The molecule has 0 fully saturated rings. The Morgan fingerprint density at radius 3 is 1.98 bits per heavy atom. The molecule has 0 aliphatic rings. The zero-order chi connectivity index (χ0) is 33.2. The molecule has 4 aromatic heterocycles. The Hall–Kier alpha value is -4.25. The molecule has 0 saturated heterocycles. The summed E-state index contributed by atoms with van der Waals surface area (Å²) < 4.78 is 79.4. The average molecular weight is 853 g/mol. The number of hydrogen-bond acceptors (Lipinski definition) is 8. The molecule has 4 heterocycles. The summed E-state index contributed by atoms with van der Waals surface area (Å²) in [5, 5.41) is 12.7. The first-order chi connectivity index (χ1) is 22.1. The van der Waals surface area contributed by atoms with Crippen LogP contribution in [-0.2, 0) is 4.70 Å². The summed E-state index contributed by atoms with van der Waals surface area (Å²) in [6.07, 6.45) is 3.13. The Kier molecular flexibility index (Phi) is 12.3. The molecule has 0 spiro atoms. The maximum Gasteiger partial charge on any atom is 0.407 e. The van der Waals surface area contributed by atoms with Gasteiger partial charge in [-0.3, -0.25) is 5.10 Å². The van der Waals surface area contributed by atoms with E-state index in [0.29, 0.717) is 21.9 Å². The molecule has 231 valence electrons. The molecular formula is C28H17B2F4I2N6O4. The van der Waals surface area contributed by atoms with E-state index < -0.39 is 23.3 Å². The Bertz CT molecular complexity index is 2070.